The summed E-state index contributed by atoms with van der Waals surface area (Å²) in [5.41, 5.74) is 1.14. The van der Waals surface area contributed by atoms with Crippen molar-refractivity contribution >= 4 is 8.32 Å². The summed E-state index contributed by atoms with van der Waals surface area (Å²) < 4.78 is 17.7. The molecule has 0 bridgehead atoms. The predicted molar refractivity (Wildman–Crippen MR) is 105 cm³/mol. The van der Waals surface area contributed by atoms with Crippen LogP contribution < -0.4 is 9.47 Å². The van der Waals surface area contributed by atoms with Crippen molar-refractivity contribution in [1.82, 2.24) is 0 Å². The molecule has 135 valence electrons. The Balaban J connectivity index is 1.79. The lowest BCUT2D eigenvalue weighted by Gasteiger charge is -2.36. The van der Waals surface area contributed by atoms with Crippen molar-refractivity contribution in [2.24, 2.45) is 0 Å². The lowest BCUT2D eigenvalue weighted by Crippen LogP contribution is -2.41. The van der Waals surface area contributed by atoms with E-state index in [1.54, 1.807) is 0 Å². The molecule has 0 aliphatic carbocycles. The van der Waals surface area contributed by atoms with E-state index < -0.39 is 8.32 Å². The summed E-state index contributed by atoms with van der Waals surface area (Å²) >= 11 is 0. The average Bonchev–Trinajstić information content (AvgIpc) is 2.57. The fourth-order valence-electron chi connectivity index (χ4n) is 2.01. The zero-order chi connectivity index (χ0) is 18.3. The van der Waals surface area contributed by atoms with Gasteiger partial charge in [0.05, 0.1) is 6.61 Å². The minimum Gasteiger partial charge on any atom is -0.491 e. The normalized spacial score (nSPS) is 12.0. The molecule has 0 aliphatic heterocycles. The van der Waals surface area contributed by atoms with Gasteiger partial charge >= 0.3 is 0 Å². The molecule has 2 aromatic carbocycles. The van der Waals surface area contributed by atoms with Gasteiger partial charge in [-0.25, -0.2) is 0 Å². The Morgan fingerprint density at radius 1 is 0.920 bits per heavy atom. The number of benzene rings is 2. The van der Waals surface area contributed by atoms with Crippen LogP contribution in [0.15, 0.2) is 48.5 Å². The van der Waals surface area contributed by atoms with Crippen LogP contribution in [0.25, 0.3) is 0 Å². The third-order valence-electron chi connectivity index (χ3n) is 4.61. The summed E-state index contributed by atoms with van der Waals surface area (Å²) in [6.45, 7) is 12.9. The molecule has 1 radical (unpaired) electrons. The highest BCUT2D eigenvalue weighted by Gasteiger charge is 2.36. The molecule has 0 atom stereocenters. The fraction of sp³-hybridized carbons (Fsp3) is 0.429. The van der Waals surface area contributed by atoms with Crippen LogP contribution in [0.2, 0.25) is 18.1 Å². The van der Waals surface area contributed by atoms with Crippen LogP contribution in [0.4, 0.5) is 0 Å². The molecule has 0 saturated carbocycles. The van der Waals surface area contributed by atoms with Crippen molar-refractivity contribution in [1.29, 1.82) is 0 Å². The maximum atomic E-state index is 6.12. The van der Waals surface area contributed by atoms with E-state index in [-0.39, 0.29) is 5.04 Å². The van der Waals surface area contributed by atoms with Crippen LogP contribution in [-0.4, -0.2) is 21.5 Å². The minimum absolute atomic E-state index is 0.214. The van der Waals surface area contributed by atoms with E-state index in [1.807, 2.05) is 48.5 Å². The third kappa shape index (κ3) is 6.22. The fourth-order valence-corrected chi connectivity index (χ4v) is 3.04. The molecular formula is C21H29O3Si. The van der Waals surface area contributed by atoms with E-state index >= 15 is 0 Å². The van der Waals surface area contributed by atoms with Gasteiger partial charge in [-0.2, -0.15) is 0 Å². The monoisotopic (exact) mass is 357 g/mol. The summed E-state index contributed by atoms with van der Waals surface area (Å²) in [4.78, 5) is 0. The van der Waals surface area contributed by atoms with Crippen LogP contribution in [0.5, 0.6) is 11.5 Å². The first kappa shape index (κ1) is 19.5. The van der Waals surface area contributed by atoms with Crippen LogP contribution in [-0.2, 0) is 11.0 Å². The average molecular weight is 358 g/mol. The van der Waals surface area contributed by atoms with Crippen molar-refractivity contribution in [3.63, 3.8) is 0 Å². The van der Waals surface area contributed by atoms with Crippen LogP contribution in [0, 0.1) is 6.07 Å². The first-order chi connectivity index (χ1) is 11.8. The highest BCUT2D eigenvalue weighted by atomic mass is 28.4. The van der Waals surface area contributed by atoms with Gasteiger partial charge in [-0.3, -0.25) is 0 Å². The zero-order valence-corrected chi connectivity index (χ0v) is 17.0. The minimum atomic E-state index is -1.72. The summed E-state index contributed by atoms with van der Waals surface area (Å²) in [5.74, 6) is 1.51. The lowest BCUT2D eigenvalue weighted by atomic mass is 10.2. The molecule has 0 heterocycles. The van der Waals surface area contributed by atoms with Crippen molar-refractivity contribution in [2.45, 2.75) is 45.5 Å². The maximum Gasteiger partial charge on any atom is 0.192 e. The molecule has 0 aromatic heterocycles. The largest absolute Gasteiger partial charge is 0.491 e. The lowest BCUT2D eigenvalue weighted by molar-refractivity contribution is 0.202. The molecule has 0 saturated heterocycles. The maximum absolute atomic E-state index is 6.12. The summed E-state index contributed by atoms with van der Waals surface area (Å²) in [5, 5.41) is 0.214. The molecule has 2 rings (SSSR count). The SMILES string of the molecule is CC(C)(C)[Si](C)(C)OCCOc1c[c]cc(OCc2ccccc2)c1. The van der Waals surface area contributed by atoms with E-state index in [1.165, 1.54) is 0 Å². The number of rotatable bonds is 8. The Bertz CT molecular complexity index is 648. The second-order valence-electron chi connectivity index (χ2n) is 7.64. The van der Waals surface area contributed by atoms with E-state index in [4.69, 9.17) is 13.9 Å². The third-order valence-corrected chi connectivity index (χ3v) is 9.14. The molecule has 0 N–H and O–H groups in total. The van der Waals surface area contributed by atoms with Crippen LogP contribution in [0.3, 0.4) is 0 Å². The molecule has 4 heteroatoms. The predicted octanol–water partition coefficient (Wildman–Crippen LogP) is 5.47. The number of hydrogen-bond acceptors (Lipinski definition) is 3. The summed E-state index contributed by atoms with van der Waals surface area (Å²) in [6.07, 6.45) is 0. The first-order valence-electron chi connectivity index (χ1n) is 8.72. The van der Waals surface area contributed by atoms with E-state index in [0.717, 1.165) is 17.1 Å². The smallest absolute Gasteiger partial charge is 0.192 e. The molecule has 3 nitrogen and oxygen atoms in total. The van der Waals surface area contributed by atoms with Gasteiger partial charge in [-0.1, -0.05) is 51.1 Å². The topological polar surface area (TPSA) is 27.7 Å². The van der Waals surface area contributed by atoms with Gasteiger partial charge < -0.3 is 13.9 Å². The van der Waals surface area contributed by atoms with Crippen molar-refractivity contribution in [2.75, 3.05) is 13.2 Å². The molecule has 0 aliphatic rings. The van der Waals surface area contributed by atoms with Crippen LogP contribution in [0.1, 0.15) is 26.3 Å². The van der Waals surface area contributed by atoms with Crippen molar-refractivity contribution in [3.8, 4) is 11.5 Å². The van der Waals surface area contributed by atoms with Gasteiger partial charge in [-0.15, -0.1) is 0 Å². The molecule has 0 amide bonds. The van der Waals surface area contributed by atoms with Gasteiger partial charge in [0.2, 0.25) is 0 Å². The van der Waals surface area contributed by atoms with Gasteiger partial charge in [-0.05, 0) is 41.9 Å². The molecule has 0 fully saturated rings. The Labute approximate surface area is 153 Å². The molecule has 25 heavy (non-hydrogen) atoms. The first-order valence-corrected chi connectivity index (χ1v) is 11.6. The molecule has 2 aromatic rings. The van der Waals surface area contributed by atoms with Gasteiger partial charge in [0.25, 0.3) is 0 Å². The van der Waals surface area contributed by atoms with Crippen LogP contribution >= 0.6 is 0 Å². The summed E-state index contributed by atoms with van der Waals surface area (Å²) in [6, 6.07) is 18.7. The van der Waals surface area contributed by atoms with Crippen molar-refractivity contribution in [3.05, 3.63) is 60.2 Å². The quantitative estimate of drug-likeness (QED) is 0.463. The van der Waals surface area contributed by atoms with E-state index in [2.05, 4.69) is 39.9 Å². The summed E-state index contributed by atoms with van der Waals surface area (Å²) in [7, 11) is -1.72. The Kier molecular flexibility index (Phi) is 6.68. The second-order valence-corrected chi connectivity index (χ2v) is 12.4. The zero-order valence-electron chi connectivity index (χ0n) is 16.0. The highest BCUT2D eigenvalue weighted by Crippen LogP contribution is 2.36. The van der Waals surface area contributed by atoms with E-state index in [9.17, 15) is 0 Å². The standard InChI is InChI=1S/C21H29O3Si/c1-21(2,3)25(4,5)24-15-14-22-19-12-9-13-20(16-19)23-17-18-10-7-6-8-11-18/h6-8,10-13,16H,14-15,17H2,1-5H3. The number of hydrogen-bond donors (Lipinski definition) is 0. The molecule has 0 spiro atoms. The van der Waals surface area contributed by atoms with Gasteiger partial charge in [0, 0.05) is 6.07 Å². The molecular weight excluding hydrogens is 328 g/mol. The highest BCUT2D eigenvalue weighted by molar-refractivity contribution is 6.74. The van der Waals surface area contributed by atoms with E-state index in [0.29, 0.717) is 19.8 Å². The Hall–Kier alpha value is -1.78. The number of ether oxygens (including phenoxy) is 2. The Morgan fingerprint density at radius 2 is 1.56 bits per heavy atom. The van der Waals surface area contributed by atoms with Crippen molar-refractivity contribution < 1.29 is 13.9 Å². The van der Waals surface area contributed by atoms with Gasteiger partial charge in [0.15, 0.2) is 8.32 Å². The van der Waals surface area contributed by atoms with Gasteiger partial charge in [0.1, 0.15) is 24.7 Å². The molecule has 0 unspecified atom stereocenters. The second kappa shape index (κ2) is 8.54. The Morgan fingerprint density at radius 3 is 2.20 bits per heavy atom.